The minimum Gasteiger partial charge on any atom is -0.454 e. The molecule has 1 amide bonds. The van der Waals surface area contributed by atoms with Crippen LogP contribution in [-0.2, 0) is 0 Å². The highest BCUT2D eigenvalue weighted by atomic mass is 16.7. The number of carbonyl (C=O) groups excluding carboxylic acids is 1. The van der Waals surface area contributed by atoms with Gasteiger partial charge in [-0.1, -0.05) is 0 Å². The normalized spacial score (nSPS) is 22.8. The van der Waals surface area contributed by atoms with Gasteiger partial charge < -0.3 is 19.3 Å². The molecule has 2 bridgehead atoms. The van der Waals surface area contributed by atoms with Crippen molar-refractivity contribution in [2.24, 2.45) is 0 Å². The van der Waals surface area contributed by atoms with Crippen LogP contribution in [0.5, 0.6) is 11.5 Å². The molecule has 2 N–H and O–H groups in total. The van der Waals surface area contributed by atoms with Crippen molar-refractivity contribution in [2.75, 3.05) is 29.7 Å². The molecule has 3 aliphatic rings. The van der Waals surface area contributed by atoms with Crippen LogP contribution in [0.15, 0.2) is 30.6 Å². The van der Waals surface area contributed by atoms with E-state index in [1.807, 2.05) is 12.1 Å². The van der Waals surface area contributed by atoms with Crippen molar-refractivity contribution in [1.29, 1.82) is 0 Å². The minimum atomic E-state index is -0.617. The third-order valence-electron chi connectivity index (χ3n) is 5.19. The van der Waals surface area contributed by atoms with E-state index < -0.39 is 5.91 Å². The topological polar surface area (TPSA) is 100 Å². The van der Waals surface area contributed by atoms with Crippen molar-refractivity contribution in [3.63, 3.8) is 0 Å². The Bertz CT molecular complexity index is 859. The molecule has 134 valence electrons. The first kappa shape index (κ1) is 15.2. The molecule has 0 spiro atoms. The molecular weight excluding hydrogens is 338 g/mol. The molecule has 3 aliphatic heterocycles. The SMILES string of the molecule is O=C(NO)c1cnc(N2C[C@@H]3C[C@H]2CN3c2ccc3c(c2)OCO3)nc1. The Kier molecular flexibility index (Phi) is 3.35. The molecule has 9 heteroatoms. The van der Waals surface area contributed by atoms with Gasteiger partial charge in [-0.15, -0.1) is 0 Å². The molecular formula is C17H17N5O4. The fourth-order valence-electron chi connectivity index (χ4n) is 3.94. The lowest BCUT2D eigenvalue weighted by atomic mass is 10.2. The number of hydroxylamine groups is 1. The second kappa shape index (κ2) is 5.73. The van der Waals surface area contributed by atoms with Gasteiger partial charge in [0.25, 0.3) is 5.91 Å². The third-order valence-corrected chi connectivity index (χ3v) is 5.19. The Balaban J connectivity index is 1.32. The van der Waals surface area contributed by atoms with Gasteiger partial charge >= 0.3 is 0 Å². The first-order chi connectivity index (χ1) is 12.7. The molecule has 2 atom stereocenters. The molecule has 0 aliphatic carbocycles. The highest BCUT2D eigenvalue weighted by Gasteiger charge is 2.44. The smallest absolute Gasteiger partial charge is 0.277 e. The van der Waals surface area contributed by atoms with Crippen molar-refractivity contribution in [1.82, 2.24) is 15.4 Å². The number of anilines is 2. The minimum absolute atomic E-state index is 0.225. The second-order valence-corrected chi connectivity index (χ2v) is 6.60. The highest BCUT2D eigenvalue weighted by Crippen LogP contribution is 2.40. The first-order valence-corrected chi connectivity index (χ1v) is 8.42. The van der Waals surface area contributed by atoms with E-state index in [-0.39, 0.29) is 12.4 Å². The zero-order valence-corrected chi connectivity index (χ0v) is 13.8. The van der Waals surface area contributed by atoms with Crippen LogP contribution in [-0.4, -0.2) is 53.0 Å². The van der Waals surface area contributed by atoms with E-state index >= 15 is 0 Å². The lowest BCUT2D eigenvalue weighted by Crippen LogP contribution is -2.47. The van der Waals surface area contributed by atoms with Gasteiger partial charge in [-0.05, 0) is 18.6 Å². The molecule has 2 fully saturated rings. The Morgan fingerprint density at radius 2 is 1.85 bits per heavy atom. The van der Waals surface area contributed by atoms with Gasteiger partial charge in [0.1, 0.15) is 0 Å². The van der Waals surface area contributed by atoms with Gasteiger partial charge in [-0.2, -0.15) is 0 Å². The summed E-state index contributed by atoms with van der Waals surface area (Å²) in [5.41, 5.74) is 2.94. The van der Waals surface area contributed by atoms with Crippen LogP contribution >= 0.6 is 0 Å². The molecule has 5 rings (SSSR count). The molecule has 2 aromatic rings. The van der Waals surface area contributed by atoms with Gasteiger partial charge in [0.15, 0.2) is 11.5 Å². The number of benzene rings is 1. The fraction of sp³-hybridized carbons (Fsp3) is 0.353. The van der Waals surface area contributed by atoms with E-state index in [0.29, 0.717) is 18.0 Å². The van der Waals surface area contributed by atoms with E-state index in [1.165, 1.54) is 12.4 Å². The van der Waals surface area contributed by atoms with Gasteiger partial charge in [-0.25, -0.2) is 15.4 Å². The summed E-state index contributed by atoms with van der Waals surface area (Å²) in [6.07, 6.45) is 3.89. The fourth-order valence-corrected chi connectivity index (χ4v) is 3.94. The van der Waals surface area contributed by atoms with Crippen molar-refractivity contribution >= 4 is 17.5 Å². The summed E-state index contributed by atoms with van der Waals surface area (Å²) in [6, 6.07) is 6.76. The average Bonchev–Trinajstić information content (AvgIpc) is 3.41. The van der Waals surface area contributed by atoms with Crippen molar-refractivity contribution in [3.8, 4) is 11.5 Å². The van der Waals surface area contributed by atoms with Crippen LogP contribution in [0.4, 0.5) is 11.6 Å². The molecule has 0 radical (unpaired) electrons. The zero-order valence-electron chi connectivity index (χ0n) is 13.8. The Labute approximate surface area is 149 Å². The van der Waals surface area contributed by atoms with E-state index in [4.69, 9.17) is 14.7 Å². The Morgan fingerprint density at radius 3 is 2.58 bits per heavy atom. The number of hydrogen-bond acceptors (Lipinski definition) is 8. The van der Waals surface area contributed by atoms with Crippen LogP contribution in [0.3, 0.4) is 0 Å². The number of amides is 1. The highest BCUT2D eigenvalue weighted by molar-refractivity contribution is 5.92. The summed E-state index contributed by atoms with van der Waals surface area (Å²) in [5.74, 6) is 1.58. The van der Waals surface area contributed by atoms with E-state index in [0.717, 1.165) is 36.7 Å². The summed E-state index contributed by atoms with van der Waals surface area (Å²) < 4.78 is 10.9. The van der Waals surface area contributed by atoms with Gasteiger partial charge in [0.05, 0.1) is 11.6 Å². The second-order valence-electron chi connectivity index (χ2n) is 6.60. The maximum Gasteiger partial charge on any atom is 0.277 e. The standard InChI is InChI=1S/C17H17N5O4/c23-16(20-24)10-5-18-17(19-6-10)22-8-12-3-13(22)7-21(12)11-1-2-14-15(4-11)26-9-25-14/h1-2,4-6,12-13,24H,3,7-9H2,(H,20,23)/t12-,13-/m0/s1. The molecule has 4 heterocycles. The number of carbonyl (C=O) groups is 1. The van der Waals surface area contributed by atoms with Gasteiger partial charge in [0.2, 0.25) is 12.7 Å². The van der Waals surface area contributed by atoms with Crippen LogP contribution in [0.25, 0.3) is 0 Å². The quantitative estimate of drug-likeness (QED) is 0.616. The molecule has 26 heavy (non-hydrogen) atoms. The summed E-state index contributed by atoms with van der Waals surface area (Å²) in [7, 11) is 0. The first-order valence-electron chi connectivity index (χ1n) is 8.42. The Morgan fingerprint density at radius 1 is 1.12 bits per heavy atom. The number of nitrogens with one attached hydrogen (secondary N) is 1. The van der Waals surface area contributed by atoms with E-state index in [2.05, 4.69) is 25.8 Å². The monoisotopic (exact) mass is 355 g/mol. The van der Waals surface area contributed by atoms with Crippen molar-refractivity contribution in [2.45, 2.75) is 18.5 Å². The van der Waals surface area contributed by atoms with Crippen LogP contribution in [0.1, 0.15) is 16.8 Å². The zero-order chi connectivity index (χ0) is 17.7. The summed E-state index contributed by atoms with van der Waals surface area (Å²) in [4.78, 5) is 24.5. The Hall–Kier alpha value is -3.07. The van der Waals surface area contributed by atoms with E-state index in [1.54, 1.807) is 5.48 Å². The third kappa shape index (κ3) is 2.31. The predicted octanol–water partition coefficient (Wildman–Crippen LogP) is 0.792. The maximum atomic E-state index is 11.4. The van der Waals surface area contributed by atoms with Gasteiger partial charge in [0, 0.05) is 43.3 Å². The molecule has 1 aromatic carbocycles. The molecule has 1 aromatic heterocycles. The van der Waals surface area contributed by atoms with Crippen LogP contribution in [0.2, 0.25) is 0 Å². The number of fused-ring (bicyclic) bond motifs is 3. The number of rotatable bonds is 3. The molecule has 9 nitrogen and oxygen atoms in total. The average molecular weight is 355 g/mol. The number of aromatic nitrogens is 2. The lowest BCUT2D eigenvalue weighted by molar-refractivity contribution is 0.0705. The van der Waals surface area contributed by atoms with Crippen LogP contribution in [0, 0.1) is 0 Å². The summed E-state index contributed by atoms with van der Waals surface area (Å²) in [5, 5.41) is 8.66. The number of hydrogen-bond donors (Lipinski definition) is 2. The largest absolute Gasteiger partial charge is 0.454 e. The number of ether oxygens (including phenoxy) is 2. The predicted molar refractivity (Wildman–Crippen MR) is 90.7 cm³/mol. The van der Waals surface area contributed by atoms with E-state index in [9.17, 15) is 4.79 Å². The number of piperazine rings is 1. The van der Waals surface area contributed by atoms with Crippen LogP contribution < -0.4 is 24.8 Å². The summed E-state index contributed by atoms with van der Waals surface area (Å²) in [6.45, 7) is 1.98. The van der Waals surface area contributed by atoms with Crippen molar-refractivity contribution < 1.29 is 19.5 Å². The van der Waals surface area contributed by atoms with Gasteiger partial charge in [-0.3, -0.25) is 10.0 Å². The molecule has 2 saturated heterocycles. The maximum absolute atomic E-state index is 11.4. The van der Waals surface area contributed by atoms with Crippen molar-refractivity contribution in [3.05, 3.63) is 36.2 Å². The number of nitrogens with zero attached hydrogens (tertiary/aromatic N) is 4. The lowest BCUT2D eigenvalue weighted by Gasteiger charge is -2.35. The summed E-state index contributed by atoms with van der Waals surface area (Å²) >= 11 is 0. The molecule has 0 saturated carbocycles. The molecule has 0 unspecified atom stereocenters.